The number of amides is 3. The molecule has 0 saturated carbocycles. The summed E-state index contributed by atoms with van der Waals surface area (Å²) in [7, 11) is 1.32. The average Bonchev–Trinajstić information content (AvgIpc) is 2.57. The topological polar surface area (TPSA) is 49.4 Å². The second kappa shape index (κ2) is 8.31. The molecule has 8 heteroatoms. The van der Waals surface area contributed by atoms with Crippen LogP contribution < -0.4 is 10.2 Å². The molecule has 132 valence electrons. The number of anilines is 1. The van der Waals surface area contributed by atoms with Crippen LogP contribution in [0.25, 0.3) is 0 Å². The van der Waals surface area contributed by atoms with Gasteiger partial charge in [-0.25, -0.2) is 13.6 Å². The number of carbonyl (C=O) groups excluding carboxylic acids is 2. The molecule has 0 atom stereocenters. The van der Waals surface area contributed by atoms with E-state index in [-0.39, 0.29) is 16.3 Å². The molecule has 3 amide bonds. The standard InChI is InChI=1S/C17H15ClF2N2O2S/c1-3-25-10-7-8-14(13(20)9-10)22(2)17(24)21-16(23)11-5-4-6-12(19)15(11)18/h4-9H,3H2,1-2H3,(H,21,23,24). The Bertz CT molecular complexity index is 817. The SMILES string of the molecule is CCSc1ccc(N(C)C(=O)NC(=O)c2cccc(F)c2Cl)c(F)c1. The van der Waals surface area contributed by atoms with Crippen molar-refractivity contribution in [3.05, 3.63) is 58.6 Å². The lowest BCUT2D eigenvalue weighted by Gasteiger charge is -2.18. The molecule has 0 aliphatic heterocycles. The fourth-order valence-corrected chi connectivity index (χ4v) is 2.95. The van der Waals surface area contributed by atoms with Crippen LogP contribution >= 0.6 is 23.4 Å². The molecular weight excluding hydrogens is 370 g/mol. The van der Waals surface area contributed by atoms with Crippen molar-refractivity contribution in [2.45, 2.75) is 11.8 Å². The third kappa shape index (κ3) is 4.49. The molecule has 1 N–H and O–H groups in total. The number of urea groups is 1. The highest BCUT2D eigenvalue weighted by atomic mass is 35.5. The molecule has 0 unspecified atom stereocenters. The maximum absolute atomic E-state index is 14.2. The van der Waals surface area contributed by atoms with Crippen molar-refractivity contribution in [2.75, 3.05) is 17.7 Å². The van der Waals surface area contributed by atoms with E-state index in [1.54, 1.807) is 6.07 Å². The molecule has 25 heavy (non-hydrogen) atoms. The van der Waals surface area contributed by atoms with Gasteiger partial charge in [0.1, 0.15) is 11.6 Å². The van der Waals surface area contributed by atoms with E-state index in [1.165, 1.54) is 43.1 Å². The molecule has 0 aliphatic rings. The Morgan fingerprint density at radius 2 is 1.92 bits per heavy atom. The summed E-state index contributed by atoms with van der Waals surface area (Å²) in [4.78, 5) is 25.9. The zero-order valence-corrected chi connectivity index (χ0v) is 15.0. The molecule has 0 aromatic heterocycles. The summed E-state index contributed by atoms with van der Waals surface area (Å²) in [6, 6.07) is 7.27. The lowest BCUT2D eigenvalue weighted by atomic mass is 10.2. The van der Waals surface area contributed by atoms with Gasteiger partial charge in [-0.15, -0.1) is 11.8 Å². The maximum Gasteiger partial charge on any atom is 0.328 e. The molecule has 4 nitrogen and oxygen atoms in total. The Labute approximate surface area is 153 Å². The van der Waals surface area contributed by atoms with E-state index in [1.807, 2.05) is 6.92 Å². The van der Waals surface area contributed by atoms with Crippen LogP contribution in [-0.4, -0.2) is 24.7 Å². The van der Waals surface area contributed by atoms with Gasteiger partial charge in [0.05, 0.1) is 16.3 Å². The highest BCUT2D eigenvalue weighted by Gasteiger charge is 2.20. The molecule has 0 fully saturated rings. The Hall–Kier alpha value is -2.12. The number of nitrogens with zero attached hydrogens (tertiary/aromatic N) is 1. The first-order valence-corrected chi connectivity index (χ1v) is 8.67. The molecule has 0 aliphatic carbocycles. The van der Waals surface area contributed by atoms with Crippen LogP contribution in [0, 0.1) is 11.6 Å². The van der Waals surface area contributed by atoms with Crippen molar-refractivity contribution in [2.24, 2.45) is 0 Å². The Morgan fingerprint density at radius 3 is 2.56 bits per heavy atom. The monoisotopic (exact) mass is 384 g/mol. The normalized spacial score (nSPS) is 10.4. The fourth-order valence-electron chi connectivity index (χ4n) is 2.05. The summed E-state index contributed by atoms with van der Waals surface area (Å²) in [6.07, 6.45) is 0. The van der Waals surface area contributed by atoms with E-state index in [0.29, 0.717) is 0 Å². The van der Waals surface area contributed by atoms with Gasteiger partial charge in [0.2, 0.25) is 0 Å². The van der Waals surface area contributed by atoms with Crippen molar-refractivity contribution < 1.29 is 18.4 Å². The number of rotatable bonds is 4. The van der Waals surface area contributed by atoms with Gasteiger partial charge in [-0.1, -0.05) is 24.6 Å². The number of hydrogen-bond acceptors (Lipinski definition) is 3. The Balaban J connectivity index is 2.15. The van der Waals surface area contributed by atoms with Gasteiger partial charge in [0.15, 0.2) is 0 Å². The van der Waals surface area contributed by atoms with E-state index in [2.05, 4.69) is 5.32 Å². The van der Waals surface area contributed by atoms with Crippen LogP contribution in [0.2, 0.25) is 5.02 Å². The van der Waals surface area contributed by atoms with Crippen LogP contribution in [0.5, 0.6) is 0 Å². The number of imide groups is 1. The van der Waals surface area contributed by atoms with Gasteiger partial charge in [-0.05, 0) is 36.1 Å². The van der Waals surface area contributed by atoms with E-state index in [4.69, 9.17) is 11.6 Å². The van der Waals surface area contributed by atoms with Crippen molar-refractivity contribution in [1.29, 1.82) is 0 Å². The van der Waals surface area contributed by atoms with Gasteiger partial charge in [-0.2, -0.15) is 0 Å². The van der Waals surface area contributed by atoms with Gasteiger partial charge in [-0.3, -0.25) is 15.0 Å². The third-order valence-corrected chi connectivity index (χ3v) is 4.57. The minimum atomic E-state index is -0.875. The summed E-state index contributed by atoms with van der Waals surface area (Å²) in [6.45, 7) is 1.94. The molecule has 0 saturated heterocycles. The lowest BCUT2D eigenvalue weighted by molar-refractivity contribution is 0.0965. The molecule has 0 radical (unpaired) electrons. The molecule has 0 bridgehead atoms. The first-order chi connectivity index (χ1) is 11.8. The number of carbonyl (C=O) groups is 2. The summed E-state index contributed by atoms with van der Waals surface area (Å²) >= 11 is 7.18. The third-order valence-electron chi connectivity index (χ3n) is 3.31. The lowest BCUT2D eigenvalue weighted by Crippen LogP contribution is -2.41. The van der Waals surface area contributed by atoms with Crippen LogP contribution in [-0.2, 0) is 0 Å². The highest BCUT2D eigenvalue weighted by molar-refractivity contribution is 7.99. The summed E-state index contributed by atoms with van der Waals surface area (Å²) in [5.74, 6) is -1.45. The summed E-state index contributed by atoms with van der Waals surface area (Å²) < 4.78 is 27.6. The Kier molecular flexibility index (Phi) is 6.39. The number of thioether (sulfide) groups is 1. The second-order valence-electron chi connectivity index (χ2n) is 4.97. The average molecular weight is 385 g/mol. The van der Waals surface area contributed by atoms with Crippen LogP contribution in [0.4, 0.5) is 19.3 Å². The predicted molar refractivity (Wildman–Crippen MR) is 95.5 cm³/mol. The maximum atomic E-state index is 14.2. The van der Waals surface area contributed by atoms with Gasteiger partial charge in [0.25, 0.3) is 5.91 Å². The minimum absolute atomic E-state index is 0.0103. The first kappa shape index (κ1) is 19.2. The quantitative estimate of drug-likeness (QED) is 0.776. The van der Waals surface area contributed by atoms with Crippen molar-refractivity contribution in [3.63, 3.8) is 0 Å². The minimum Gasteiger partial charge on any atom is -0.294 e. The number of benzene rings is 2. The zero-order valence-electron chi connectivity index (χ0n) is 13.5. The largest absolute Gasteiger partial charge is 0.328 e. The van der Waals surface area contributed by atoms with Crippen molar-refractivity contribution in [3.8, 4) is 0 Å². The first-order valence-electron chi connectivity index (χ1n) is 7.30. The molecule has 2 aromatic rings. The van der Waals surface area contributed by atoms with Crippen LogP contribution in [0.3, 0.4) is 0 Å². The zero-order chi connectivity index (χ0) is 18.6. The van der Waals surface area contributed by atoms with Crippen LogP contribution in [0.1, 0.15) is 17.3 Å². The predicted octanol–water partition coefficient (Wildman–Crippen LogP) is 4.72. The summed E-state index contributed by atoms with van der Waals surface area (Å²) in [5.41, 5.74) is -0.172. The smallest absolute Gasteiger partial charge is 0.294 e. The van der Waals surface area contributed by atoms with Crippen molar-refractivity contribution in [1.82, 2.24) is 5.32 Å². The molecule has 2 rings (SSSR count). The Morgan fingerprint density at radius 1 is 1.20 bits per heavy atom. The van der Waals surface area contributed by atoms with Gasteiger partial charge < -0.3 is 0 Å². The number of nitrogens with one attached hydrogen (secondary N) is 1. The number of hydrogen-bond donors (Lipinski definition) is 1. The molecular formula is C17H15ClF2N2O2S. The van der Waals surface area contributed by atoms with Crippen LogP contribution in [0.15, 0.2) is 41.3 Å². The molecule has 0 spiro atoms. The van der Waals surface area contributed by atoms with E-state index in [9.17, 15) is 18.4 Å². The van der Waals surface area contributed by atoms with Gasteiger partial charge >= 0.3 is 6.03 Å². The molecule has 0 heterocycles. The van der Waals surface area contributed by atoms with E-state index in [0.717, 1.165) is 21.6 Å². The van der Waals surface area contributed by atoms with Crippen molar-refractivity contribution >= 4 is 41.0 Å². The molecule has 2 aromatic carbocycles. The fraction of sp³-hybridized carbons (Fsp3) is 0.176. The highest BCUT2D eigenvalue weighted by Crippen LogP contribution is 2.25. The number of halogens is 3. The van der Waals surface area contributed by atoms with E-state index < -0.39 is 23.6 Å². The van der Waals surface area contributed by atoms with E-state index >= 15 is 0 Å². The summed E-state index contributed by atoms with van der Waals surface area (Å²) in [5, 5.41) is 1.67. The van der Waals surface area contributed by atoms with Gasteiger partial charge in [0, 0.05) is 11.9 Å². The second-order valence-corrected chi connectivity index (χ2v) is 6.68.